The van der Waals surface area contributed by atoms with Crippen LogP contribution in [0.5, 0.6) is 6.01 Å². The van der Waals surface area contributed by atoms with Crippen LogP contribution in [0.25, 0.3) is 22.4 Å². The molecule has 122 valence electrons. The lowest BCUT2D eigenvalue weighted by Gasteiger charge is -2.18. The van der Waals surface area contributed by atoms with E-state index in [1.165, 1.54) is 12.4 Å². The van der Waals surface area contributed by atoms with E-state index in [1.807, 2.05) is 6.07 Å². The minimum atomic E-state index is -0.0802. The van der Waals surface area contributed by atoms with Crippen molar-refractivity contribution < 1.29 is 5.11 Å². The fourth-order valence-electron chi connectivity index (χ4n) is 2.88. The number of aromatic nitrogens is 4. The lowest BCUT2D eigenvalue weighted by molar-refractivity contribution is 0.362. The number of aromatic hydroxyl groups is 1. The zero-order chi connectivity index (χ0) is 17.3. The van der Waals surface area contributed by atoms with Crippen LogP contribution in [0.1, 0.15) is 38.3 Å². The third kappa shape index (κ3) is 2.57. The van der Waals surface area contributed by atoms with Crippen molar-refractivity contribution in [2.75, 3.05) is 0 Å². The predicted octanol–water partition coefficient (Wildman–Crippen LogP) is 4.09. The Hall–Kier alpha value is -2.65. The van der Waals surface area contributed by atoms with Crippen molar-refractivity contribution in [1.29, 1.82) is 5.26 Å². The van der Waals surface area contributed by atoms with Crippen molar-refractivity contribution in [2.24, 2.45) is 0 Å². The van der Waals surface area contributed by atoms with Gasteiger partial charge in [0.2, 0.25) is 0 Å². The maximum absolute atomic E-state index is 10.3. The highest BCUT2D eigenvalue weighted by Crippen LogP contribution is 2.37. The van der Waals surface area contributed by atoms with Crippen LogP contribution >= 0.6 is 11.6 Å². The van der Waals surface area contributed by atoms with Gasteiger partial charge in [0, 0.05) is 24.0 Å². The van der Waals surface area contributed by atoms with E-state index in [4.69, 9.17) is 16.9 Å². The zero-order valence-electron chi connectivity index (χ0n) is 13.4. The van der Waals surface area contributed by atoms with Crippen molar-refractivity contribution in [3.05, 3.63) is 35.1 Å². The first-order valence-electron chi connectivity index (χ1n) is 7.72. The molecule has 3 aromatic rings. The molecular weight excluding hydrogens is 326 g/mol. The topological polar surface area (TPSA) is 87.6 Å². The second kappa shape index (κ2) is 6.46. The van der Waals surface area contributed by atoms with E-state index in [2.05, 4.69) is 28.8 Å². The summed E-state index contributed by atoms with van der Waals surface area (Å²) in [6.45, 7) is 4.11. The molecule has 0 aromatic carbocycles. The predicted molar refractivity (Wildman–Crippen MR) is 91.8 cm³/mol. The Labute approximate surface area is 144 Å². The summed E-state index contributed by atoms with van der Waals surface area (Å²) in [6.07, 6.45) is 4.67. The SMILES string of the molecule is CCC(CC)n1c(O)nc2ncc(Cl)c(-c3ccc(C#N)cn3)c21. The maximum atomic E-state index is 10.3. The van der Waals surface area contributed by atoms with Crippen LogP contribution in [0.3, 0.4) is 0 Å². The summed E-state index contributed by atoms with van der Waals surface area (Å²) in [5.41, 5.74) is 2.82. The van der Waals surface area contributed by atoms with Gasteiger partial charge in [-0.15, -0.1) is 0 Å². The monoisotopic (exact) mass is 341 g/mol. The number of hydrogen-bond acceptors (Lipinski definition) is 5. The highest BCUT2D eigenvalue weighted by molar-refractivity contribution is 6.34. The molecule has 0 aliphatic rings. The van der Waals surface area contributed by atoms with Gasteiger partial charge in [-0.2, -0.15) is 10.2 Å². The number of pyridine rings is 2. The van der Waals surface area contributed by atoms with E-state index in [-0.39, 0.29) is 12.1 Å². The van der Waals surface area contributed by atoms with Gasteiger partial charge in [-0.25, -0.2) is 4.98 Å². The molecule has 0 unspecified atom stereocenters. The van der Waals surface area contributed by atoms with Crippen LogP contribution in [-0.2, 0) is 0 Å². The van der Waals surface area contributed by atoms with Crippen LogP contribution in [-0.4, -0.2) is 24.6 Å². The Balaban J connectivity index is 2.33. The number of rotatable bonds is 4. The Bertz CT molecular complexity index is 923. The molecule has 3 aromatic heterocycles. The quantitative estimate of drug-likeness (QED) is 0.772. The van der Waals surface area contributed by atoms with Gasteiger partial charge in [-0.05, 0) is 25.0 Å². The van der Waals surface area contributed by atoms with Gasteiger partial charge in [0.05, 0.1) is 16.3 Å². The average Bonchev–Trinajstić information content (AvgIpc) is 2.93. The van der Waals surface area contributed by atoms with Crippen molar-refractivity contribution >= 4 is 22.8 Å². The van der Waals surface area contributed by atoms with Gasteiger partial charge < -0.3 is 5.11 Å². The highest BCUT2D eigenvalue weighted by Gasteiger charge is 2.23. The summed E-state index contributed by atoms with van der Waals surface area (Å²) in [6, 6.07) is 5.46. The summed E-state index contributed by atoms with van der Waals surface area (Å²) < 4.78 is 1.77. The van der Waals surface area contributed by atoms with Crippen LogP contribution in [0, 0.1) is 11.3 Å². The molecule has 24 heavy (non-hydrogen) atoms. The molecule has 7 heteroatoms. The lowest BCUT2D eigenvalue weighted by Crippen LogP contribution is -2.07. The van der Waals surface area contributed by atoms with Crippen LogP contribution in [0.4, 0.5) is 0 Å². The van der Waals surface area contributed by atoms with Gasteiger partial charge in [0.25, 0.3) is 6.01 Å². The largest absolute Gasteiger partial charge is 0.480 e. The minimum absolute atomic E-state index is 0.0763. The van der Waals surface area contributed by atoms with Gasteiger partial charge >= 0.3 is 0 Å². The van der Waals surface area contributed by atoms with Crippen molar-refractivity contribution in [2.45, 2.75) is 32.7 Å². The van der Waals surface area contributed by atoms with Crippen molar-refractivity contribution in [3.63, 3.8) is 0 Å². The summed E-state index contributed by atoms with van der Waals surface area (Å²) in [4.78, 5) is 12.7. The Morgan fingerprint density at radius 1 is 1.25 bits per heavy atom. The zero-order valence-corrected chi connectivity index (χ0v) is 14.1. The van der Waals surface area contributed by atoms with Crippen LogP contribution in [0.2, 0.25) is 5.02 Å². The Kier molecular flexibility index (Phi) is 4.36. The molecule has 0 atom stereocenters. The molecule has 0 spiro atoms. The lowest BCUT2D eigenvalue weighted by atomic mass is 10.1. The first kappa shape index (κ1) is 16.2. The van der Waals surface area contributed by atoms with Crippen LogP contribution in [0.15, 0.2) is 24.5 Å². The number of halogens is 1. The van der Waals surface area contributed by atoms with E-state index in [0.29, 0.717) is 33.0 Å². The molecule has 0 bridgehead atoms. The van der Waals surface area contributed by atoms with Crippen molar-refractivity contribution in [1.82, 2.24) is 19.5 Å². The van der Waals surface area contributed by atoms with Gasteiger partial charge in [0.1, 0.15) is 11.6 Å². The Morgan fingerprint density at radius 2 is 2.00 bits per heavy atom. The first-order chi connectivity index (χ1) is 11.6. The summed E-state index contributed by atoms with van der Waals surface area (Å²) in [5.74, 6) is 0. The highest BCUT2D eigenvalue weighted by atomic mass is 35.5. The molecule has 0 saturated carbocycles. The molecular formula is C17H16ClN5O. The summed E-state index contributed by atoms with van der Waals surface area (Å²) in [5, 5.41) is 19.7. The number of nitrogens with zero attached hydrogens (tertiary/aromatic N) is 5. The number of fused-ring (bicyclic) bond motifs is 1. The molecule has 0 aliphatic carbocycles. The standard InChI is InChI=1S/C17H16ClN5O/c1-3-11(4-2)23-15-14(13-6-5-10(7-19)8-20-13)12(18)9-21-16(15)22-17(23)24/h5-6,8-9,11H,3-4H2,1-2H3,(H,21,22,24). The smallest absolute Gasteiger partial charge is 0.296 e. The molecule has 3 heterocycles. The maximum Gasteiger partial charge on any atom is 0.296 e. The molecule has 0 saturated heterocycles. The summed E-state index contributed by atoms with van der Waals surface area (Å²) in [7, 11) is 0. The molecule has 1 N–H and O–H groups in total. The third-order valence-corrected chi connectivity index (χ3v) is 4.39. The van der Waals surface area contributed by atoms with E-state index < -0.39 is 0 Å². The molecule has 0 amide bonds. The minimum Gasteiger partial charge on any atom is -0.480 e. The van der Waals surface area contributed by atoms with Crippen LogP contribution < -0.4 is 0 Å². The van der Waals surface area contributed by atoms with E-state index >= 15 is 0 Å². The van der Waals surface area contributed by atoms with Gasteiger partial charge in [-0.1, -0.05) is 25.4 Å². The average molecular weight is 342 g/mol. The van der Waals surface area contributed by atoms with E-state index in [1.54, 1.807) is 16.7 Å². The fraction of sp³-hybridized carbons (Fsp3) is 0.294. The third-order valence-electron chi connectivity index (χ3n) is 4.11. The summed E-state index contributed by atoms with van der Waals surface area (Å²) >= 11 is 6.39. The molecule has 0 radical (unpaired) electrons. The molecule has 6 nitrogen and oxygen atoms in total. The fourth-order valence-corrected chi connectivity index (χ4v) is 3.11. The normalized spacial score (nSPS) is 11.1. The molecule has 0 aliphatic heterocycles. The number of nitriles is 1. The molecule has 0 fully saturated rings. The van der Waals surface area contributed by atoms with E-state index in [9.17, 15) is 5.11 Å². The first-order valence-corrected chi connectivity index (χ1v) is 8.10. The van der Waals surface area contributed by atoms with Crippen molar-refractivity contribution in [3.8, 4) is 23.3 Å². The number of hydrogen-bond donors (Lipinski definition) is 1. The number of imidazole rings is 1. The van der Waals surface area contributed by atoms with E-state index in [0.717, 1.165) is 12.8 Å². The Morgan fingerprint density at radius 3 is 2.58 bits per heavy atom. The second-order valence-electron chi connectivity index (χ2n) is 5.45. The molecule has 3 rings (SSSR count). The second-order valence-corrected chi connectivity index (χ2v) is 5.86. The van der Waals surface area contributed by atoms with Gasteiger partial charge in [0.15, 0.2) is 5.65 Å². The van der Waals surface area contributed by atoms with Gasteiger partial charge in [-0.3, -0.25) is 9.55 Å².